The molecule has 104 valence electrons. The summed E-state index contributed by atoms with van der Waals surface area (Å²) in [7, 11) is 1.58. The molecule has 2 rings (SSSR count). The SMILES string of the molecule is COCc1c(Br)cccc1NC(=O)c1ccc(F)nc1. The first-order valence-corrected chi connectivity index (χ1v) is 6.60. The van der Waals surface area contributed by atoms with E-state index in [0.717, 1.165) is 16.1 Å². The van der Waals surface area contributed by atoms with E-state index in [0.29, 0.717) is 12.3 Å². The first kappa shape index (κ1) is 14.6. The Morgan fingerprint density at radius 2 is 2.20 bits per heavy atom. The molecule has 0 bridgehead atoms. The third-order valence-corrected chi connectivity index (χ3v) is 3.39. The predicted molar refractivity (Wildman–Crippen MR) is 77.0 cm³/mol. The summed E-state index contributed by atoms with van der Waals surface area (Å²) in [5.41, 5.74) is 1.75. The highest BCUT2D eigenvalue weighted by molar-refractivity contribution is 9.10. The zero-order valence-electron chi connectivity index (χ0n) is 10.7. The molecule has 1 aromatic heterocycles. The quantitative estimate of drug-likeness (QED) is 0.869. The van der Waals surface area contributed by atoms with Crippen molar-refractivity contribution in [2.24, 2.45) is 0 Å². The molecule has 0 saturated heterocycles. The van der Waals surface area contributed by atoms with Crippen LogP contribution in [-0.4, -0.2) is 18.0 Å². The molecule has 1 aromatic carbocycles. The highest BCUT2D eigenvalue weighted by atomic mass is 79.9. The van der Waals surface area contributed by atoms with Crippen LogP contribution in [0.15, 0.2) is 41.0 Å². The molecule has 4 nitrogen and oxygen atoms in total. The molecular weight excluding hydrogens is 327 g/mol. The number of benzene rings is 1. The number of hydrogen-bond donors (Lipinski definition) is 1. The minimum Gasteiger partial charge on any atom is -0.380 e. The Balaban J connectivity index is 2.23. The lowest BCUT2D eigenvalue weighted by Crippen LogP contribution is -2.14. The number of ether oxygens (including phenoxy) is 1. The molecule has 0 atom stereocenters. The Kier molecular flexibility index (Phi) is 4.81. The fraction of sp³-hybridized carbons (Fsp3) is 0.143. The van der Waals surface area contributed by atoms with Crippen LogP contribution >= 0.6 is 15.9 Å². The number of methoxy groups -OCH3 is 1. The molecule has 0 radical (unpaired) electrons. The lowest BCUT2D eigenvalue weighted by molar-refractivity contribution is 0.102. The number of carbonyl (C=O) groups excluding carboxylic acids is 1. The number of nitrogens with zero attached hydrogens (tertiary/aromatic N) is 1. The van der Waals surface area contributed by atoms with E-state index in [2.05, 4.69) is 26.2 Å². The number of nitrogens with one attached hydrogen (secondary N) is 1. The smallest absolute Gasteiger partial charge is 0.257 e. The summed E-state index contributed by atoms with van der Waals surface area (Å²) in [5.74, 6) is -0.975. The molecule has 2 aromatic rings. The van der Waals surface area contributed by atoms with Crippen molar-refractivity contribution in [1.82, 2.24) is 4.98 Å². The molecule has 1 N–H and O–H groups in total. The van der Waals surface area contributed by atoms with E-state index in [4.69, 9.17) is 4.74 Å². The standard InChI is InChI=1S/C14H12BrFN2O2/c1-20-8-10-11(15)3-2-4-12(10)18-14(19)9-5-6-13(16)17-7-9/h2-7H,8H2,1H3,(H,18,19). The van der Waals surface area contributed by atoms with Gasteiger partial charge in [0.05, 0.1) is 12.2 Å². The molecule has 0 fully saturated rings. The van der Waals surface area contributed by atoms with Crippen molar-refractivity contribution in [2.75, 3.05) is 12.4 Å². The lowest BCUT2D eigenvalue weighted by atomic mass is 10.1. The highest BCUT2D eigenvalue weighted by Gasteiger charge is 2.11. The number of carbonyl (C=O) groups is 1. The van der Waals surface area contributed by atoms with Crippen LogP contribution in [0.5, 0.6) is 0 Å². The third-order valence-electron chi connectivity index (χ3n) is 2.65. The van der Waals surface area contributed by atoms with Gasteiger partial charge < -0.3 is 10.1 Å². The summed E-state index contributed by atoms with van der Waals surface area (Å²) in [5, 5.41) is 2.76. The molecule has 0 unspecified atom stereocenters. The van der Waals surface area contributed by atoms with Crippen molar-refractivity contribution < 1.29 is 13.9 Å². The van der Waals surface area contributed by atoms with Gasteiger partial charge in [-0.2, -0.15) is 4.39 Å². The first-order chi connectivity index (χ1) is 9.61. The van der Waals surface area contributed by atoms with Crippen LogP contribution < -0.4 is 5.32 Å². The number of pyridine rings is 1. The van der Waals surface area contributed by atoms with Gasteiger partial charge in [0.25, 0.3) is 5.91 Å². The van der Waals surface area contributed by atoms with Crippen molar-refractivity contribution in [3.05, 3.63) is 58.1 Å². The molecule has 1 amide bonds. The molecule has 0 aliphatic heterocycles. The topological polar surface area (TPSA) is 51.2 Å². The van der Waals surface area contributed by atoms with Crippen LogP contribution in [0.3, 0.4) is 0 Å². The van der Waals surface area contributed by atoms with Crippen molar-refractivity contribution in [2.45, 2.75) is 6.61 Å². The van der Waals surface area contributed by atoms with Crippen LogP contribution in [0, 0.1) is 5.95 Å². The first-order valence-electron chi connectivity index (χ1n) is 5.81. The molecule has 0 spiro atoms. The van der Waals surface area contributed by atoms with E-state index < -0.39 is 5.95 Å². The summed E-state index contributed by atoms with van der Waals surface area (Å²) in [6.07, 6.45) is 1.19. The second kappa shape index (κ2) is 6.58. The molecule has 0 aliphatic carbocycles. The monoisotopic (exact) mass is 338 g/mol. The number of hydrogen-bond acceptors (Lipinski definition) is 3. The molecule has 6 heteroatoms. The Hall–Kier alpha value is -1.79. The van der Waals surface area contributed by atoms with E-state index in [1.54, 1.807) is 13.2 Å². The van der Waals surface area contributed by atoms with Gasteiger partial charge in [0.1, 0.15) is 0 Å². The molecule has 0 aliphatic rings. The fourth-order valence-corrected chi connectivity index (χ4v) is 2.15. The average molecular weight is 339 g/mol. The summed E-state index contributed by atoms with van der Waals surface area (Å²) in [4.78, 5) is 15.5. The fourth-order valence-electron chi connectivity index (χ4n) is 1.67. The van der Waals surface area contributed by atoms with Crippen LogP contribution in [0.1, 0.15) is 15.9 Å². The van der Waals surface area contributed by atoms with Crippen molar-refractivity contribution in [1.29, 1.82) is 0 Å². The van der Waals surface area contributed by atoms with Gasteiger partial charge in [-0.3, -0.25) is 4.79 Å². The van der Waals surface area contributed by atoms with Crippen LogP contribution in [0.25, 0.3) is 0 Å². The van der Waals surface area contributed by atoms with Gasteiger partial charge >= 0.3 is 0 Å². The Morgan fingerprint density at radius 3 is 2.85 bits per heavy atom. The number of halogens is 2. The van der Waals surface area contributed by atoms with Gasteiger partial charge in [0.15, 0.2) is 0 Å². The van der Waals surface area contributed by atoms with Gasteiger partial charge in [-0.05, 0) is 24.3 Å². The number of anilines is 1. The van der Waals surface area contributed by atoms with E-state index in [1.807, 2.05) is 12.1 Å². The van der Waals surface area contributed by atoms with Gasteiger partial charge in [-0.1, -0.05) is 22.0 Å². The summed E-state index contributed by atoms with van der Waals surface area (Å²) in [6.45, 7) is 0.360. The third kappa shape index (κ3) is 3.40. The Bertz CT molecular complexity index is 617. The zero-order valence-corrected chi connectivity index (χ0v) is 12.3. The van der Waals surface area contributed by atoms with Gasteiger partial charge in [-0.15, -0.1) is 0 Å². The van der Waals surface area contributed by atoms with Crippen molar-refractivity contribution in [3.8, 4) is 0 Å². The maximum absolute atomic E-state index is 12.7. The van der Waals surface area contributed by atoms with Crippen molar-refractivity contribution >= 4 is 27.5 Å². The molecular formula is C14H12BrFN2O2. The number of rotatable bonds is 4. The summed E-state index contributed by atoms with van der Waals surface area (Å²) in [6, 6.07) is 7.97. The average Bonchev–Trinajstić information content (AvgIpc) is 2.43. The molecule has 1 heterocycles. The van der Waals surface area contributed by atoms with Crippen LogP contribution in [-0.2, 0) is 11.3 Å². The minimum atomic E-state index is -0.621. The minimum absolute atomic E-state index is 0.287. The predicted octanol–water partition coefficient (Wildman–Crippen LogP) is 3.38. The Labute approximate surface area is 124 Å². The Morgan fingerprint density at radius 1 is 1.40 bits per heavy atom. The second-order valence-electron chi connectivity index (χ2n) is 4.02. The van der Waals surface area contributed by atoms with Gasteiger partial charge in [-0.25, -0.2) is 4.98 Å². The highest BCUT2D eigenvalue weighted by Crippen LogP contribution is 2.26. The molecule has 0 saturated carbocycles. The van der Waals surface area contributed by atoms with Crippen LogP contribution in [0.4, 0.5) is 10.1 Å². The normalized spacial score (nSPS) is 10.3. The van der Waals surface area contributed by atoms with Crippen molar-refractivity contribution in [3.63, 3.8) is 0 Å². The lowest BCUT2D eigenvalue weighted by Gasteiger charge is -2.12. The van der Waals surface area contributed by atoms with Crippen LogP contribution in [0.2, 0.25) is 0 Å². The van der Waals surface area contributed by atoms with Gasteiger partial charge in [0, 0.05) is 29.0 Å². The van der Waals surface area contributed by atoms with E-state index in [1.165, 1.54) is 12.3 Å². The maximum atomic E-state index is 12.7. The van der Waals surface area contributed by atoms with E-state index in [9.17, 15) is 9.18 Å². The second-order valence-corrected chi connectivity index (χ2v) is 4.88. The van der Waals surface area contributed by atoms with E-state index >= 15 is 0 Å². The molecule has 20 heavy (non-hydrogen) atoms. The van der Waals surface area contributed by atoms with E-state index in [-0.39, 0.29) is 11.5 Å². The van der Waals surface area contributed by atoms with Gasteiger partial charge in [0.2, 0.25) is 5.95 Å². The number of aromatic nitrogens is 1. The maximum Gasteiger partial charge on any atom is 0.257 e. The number of amides is 1. The summed E-state index contributed by atoms with van der Waals surface area (Å²) < 4.78 is 18.7. The largest absolute Gasteiger partial charge is 0.380 e. The zero-order chi connectivity index (χ0) is 14.5. The summed E-state index contributed by atoms with van der Waals surface area (Å²) >= 11 is 3.41.